The molecule has 6 heteroatoms. The van der Waals surface area contributed by atoms with E-state index in [2.05, 4.69) is 87.6 Å². The van der Waals surface area contributed by atoms with Gasteiger partial charge in [-0.1, -0.05) is 299 Å². The van der Waals surface area contributed by atoms with E-state index in [1.54, 1.807) is 0 Å². The van der Waals surface area contributed by atoms with Crippen molar-refractivity contribution in [1.29, 1.82) is 0 Å². The van der Waals surface area contributed by atoms with Crippen LogP contribution in [0, 0.1) is 0 Å². The molecule has 0 saturated carbocycles. The monoisotopic (exact) mass is 1030 g/mol. The summed E-state index contributed by atoms with van der Waals surface area (Å²) in [4.78, 5) is 38.2. The molecule has 0 fully saturated rings. The molecule has 0 aromatic heterocycles. The first-order valence-electron chi connectivity index (χ1n) is 31.9. The average molecular weight is 1030 g/mol. The van der Waals surface area contributed by atoms with Gasteiger partial charge in [-0.05, 0) is 77.0 Å². The fourth-order valence-corrected chi connectivity index (χ4v) is 9.20. The summed E-state index contributed by atoms with van der Waals surface area (Å²) in [6.07, 6.45) is 80.7. The van der Waals surface area contributed by atoms with Crippen molar-refractivity contribution in [2.75, 3.05) is 13.2 Å². The lowest BCUT2D eigenvalue weighted by Crippen LogP contribution is -2.30. The molecule has 0 amide bonds. The summed E-state index contributed by atoms with van der Waals surface area (Å²) in [7, 11) is 0. The molecule has 1 unspecified atom stereocenters. The zero-order chi connectivity index (χ0) is 53.6. The number of carbonyl (C=O) groups excluding carboxylic acids is 3. The lowest BCUT2D eigenvalue weighted by Gasteiger charge is -2.18. The number of unbranched alkanes of at least 4 members (excludes halogenated alkanes) is 35. The van der Waals surface area contributed by atoms with Gasteiger partial charge in [-0.25, -0.2) is 0 Å². The minimum Gasteiger partial charge on any atom is -0.462 e. The summed E-state index contributed by atoms with van der Waals surface area (Å²) in [6.45, 7) is 6.49. The summed E-state index contributed by atoms with van der Waals surface area (Å²) >= 11 is 0. The topological polar surface area (TPSA) is 78.9 Å². The standard InChI is InChI=1S/C68H120O6/c1-4-7-10-13-16-19-22-25-27-29-31-32-33-34-35-36-37-39-40-43-46-49-52-55-58-61-67(70)73-64-65(63-72-66(69)60-57-54-51-48-45-42-24-21-18-15-12-9-6-3)74-68(71)62-59-56-53-50-47-44-41-38-30-28-26-23-20-17-14-11-8-5-2/h9,12,18,21-22,25,29,31,42,45,51,54,65H,4-8,10-11,13-17,19-20,23-24,26-28,30,32-41,43-44,46-50,52-53,55-64H2,1-3H3/b12-9-,21-18-,25-22-,31-29-,45-42-,54-51-. The smallest absolute Gasteiger partial charge is 0.306 e. The van der Waals surface area contributed by atoms with Crippen LogP contribution in [-0.2, 0) is 28.6 Å². The molecule has 74 heavy (non-hydrogen) atoms. The number of esters is 3. The van der Waals surface area contributed by atoms with E-state index >= 15 is 0 Å². The van der Waals surface area contributed by atoms with E-state index < -0.39 is 6.10 Å². The lowest BCUT2D eigenvalue weighted by atomic mass is 10.0. The summed E-state index contributed by atoms with van der Waals surface area (Å²) in [5.74, 6) is -0.965. The number of allylic oxidation sites excluding steroid dienone is 12. The van der Waals surface area contributed by atoms with Gasteiger partial charge in [-0.2, -0.15) is 0 Å². The quantitative estimate of drug-likeness (QED) is 0.0261. The van der Waals surface area contributed by atoms with Gasteiger partial charge in [0, 0.05) is 19.3 Å². The largest absolute Gasteiger partial charge is 0.462 e. The molecule has 0 aliphatic carbocycles. The molecule has 0 N–H and O–H groups in total. The molecular weight excluding hydrogens is 913 g/mol. The molecule has 0 heterocycles. The molecule has 0 aromatic rings. The Morgan fingerprint density at radius 2 is 0.554 bits per heavy atom. The van der Waals surface area contributed by atoms with Crippen molar-refractivity contribution < 1.29 is 28.6 Å². The van der Waals surface area contributed by atoms with E-state index in [-0.39, 0.29) is 37.5 Å². The third kappa shape index (κ3) is 59.7. The molecule has 6 nitrogen and oxygen atoms in total. The molecule has 0 bridgehead atoms. The third-order valence-electron chi connectivity index (χ3n) is 14.0. The van der Waals surface area contributed by atoms with E-state index in [4.69, 9.17) is 14.2 Å². The highest BCUT2D eigenvalue weighted by atomic mass is 16.6. The van der Waals surface area contributed by atoms with Crippen LogP contribution in [0.3, 0.4) is 0 Å². The molecule has 0 aliphatic heterocycles. The number of hydrogen-bond acceptors (Lipinski definition) is 6. The SMILES string of the molecule is CC/C=C\C/C=C\C/C=C\C/C=C\CCC(=O)OCC(COC(=O)CCCCCCCCCCCCCCC/C=C\C/C=C\CCCCCCC)OC(=O)CCCCCCCCCCCCCCCCCCCC. The fourth-order valence-electron chi connectivity index (χ4n) is 9.20. The summed E-state index contributed by atoms with van der Waals surface area (Å²) in [5.41, 5.74) is 0. The van der Waals surface area contributed by atoms with E-state index in [0.717, 1.165) is 70.6 Å². The first kappa shape index (κ1) is 70.8. The maximum atomic E-state index is 12.9. The Kier molecular flexibility index (Phi) is 59.7. The Labute approximate surface area is 459 Å². The van der Waals surface area contributed by atoms with Gasteiger partial charge in [0.1, 0.15) is 13.2 Å². The van der Waals surface area contributed by atoms with E-state index in [9.17, 15) is 14.4 Å². The van der Waals surface area contributed by atoms with Gasteiger partial charge in [0.2, 0.25) is 0 Å². The lowest BCUT2D eigenvalue weighted by molar-refractivity contribution is -0.166. The highest BCUT2D eigenvalue weighted by molar-refractivity contribution is 5.71. The molecule has 0 saturated heterocycles. The number of carbonyl (C=O) groups is 3. The maximum Gasteiger partial charge on any atom is 0.306 e. The molecule has 0 radical (unpaired) electrons. The second-order valence-electron chi connectivity index (χ2n) is 21.3. The van der Waals surface area contributed by atoms with Crippen molar-refractivity contribution >= 4 is 17.9 Å². The molecule has 0 rings (SSSR count). The Balaban J connectivity index is 4.31. The molecule has 428 valence electrons. The Hall–Kier alpha value is -3.15. The predicted octanol–water partition coefficient (Wildman–Crippen LogP) is 21.7. The fraction of sp³-hybridized carbons (Fsp3) is 0.779. The molecule has 1 atom stereocenters. The Morgan fingerprint density at radius 3 is 0.905 bits per heavy atom. The van der Waals surface area contributed by atoms with Gasteiger partial charge in [0.15, 0.2) is 6.10 Å². The van der Waals surface area contributed by atoms with Crippen molar-refractivity contribution in [2.24, 2.45) is 0 Å². The second kappa shape index (κ2) is 62.4. The molecular formula is C68H120O6. The van der Waals surface area contributed by atoms with E-state index in [0.29, 0.717) is 19.3 Å². The van der Waals surface area contributed by atoms with Crippen molar-refractivity contribution in [2.45, 2.75) is 329 Å². The Morgan fingerprint density at radius 1 is 0.284 bits per heavy atom. The number of ether oxygens (including phenoxy) is 3. The third-order valence-corrected chi connectivity index (χ3v) is 14.0. The highest BCUT2D eigenvalue weighted by Gasteiger charge is 2.19. The van der Waals surface area contributed by atoms with Crippen molar-refractivity contribution in [3.05, 3.63) is 72.9 Å². The highest BCUT2D eigenvalue weighted by Crippen LogP contribution is 2.17. The van der Waals surface area contributed by atoms with Gasteiger partial charge in [0.25, 0.3) is 0 Å². The van der Waals surface area contributed by atoms with Crippen molar-refractivity contribution in [3.63, 3.8) is 0 Å². The van der Waals surface area contributed by atoms with Gasteiger partial charge in [-0.3, -0.25) is 14.4 Å². The van der Waals surface area contributed by atoms with Gasteiger partial charge in [-0.15, -0.1) is 0 Å². The first-order chi connectivity index (χ1) is 36.5. The number of rotatable bonds is 58. The van der Waals surface area contributed by atoms with Crippen LogP contribution in [-0.4, -0.2) is 37.2 Å². The zero-order valence-electron chi connectivity index (χ0n) is 49.1. The normalized spacial score (nSPS) is 12.5. The van der Waals surface area contributed by atoms with Crippen LogP contribution >= 0.6 is 0 Å². The zero-order valence-corrected chi connectivity index (χ0v) is 49.1. The summed E-state index contributed by atoms with van der Waals surface area (Å²) < 4.78 is 16.8. The van der Waals surface area contributed by atoms with Crippen LogP contribution in [0.2, 0.25) is 0 Å². The molecule has 0 aromatic carbocycles. The van der Waals surface area contributed by atoms with E-state index in [1.807, 2.05) is 6.08 Å². The van der Waals surface area contributed by atoms with Crippen molar-refractivity contribution in [1.82, 2.24) is 0 Å². The summed E-state index contributed by atoms with van der Waals surface area (Å²) in [5, 5.41) is 0. The van der Waals surface area contributed by atoms with Crippen LogP contribution in [0.15, 0.2) is 72.9 Å². The van der Waals surface area contributed by atoms with Gasteiger partial charge in [0.05, 0.1) is 0 Å². The molecule has 0 spiro atoms. The van der Waals surface area contributed by atoms with Crippen LogP contribution < -0.4 is 0 Å². The van der Waals surface area contributed by atoms with Crippen LogP contribution in [0.5, 0.6) is 0 Å². The van der Waals surface area contributed by atoms with Crippen LogP contribution in [0.4, 0.5) is 0 Å². The van der Waals surface area contributed by atoms with Crippen LogP contribution in [0.25, 0.3) is 0 Å². The van der Waals surface area contributed by atoms with Gasteiger partial charge < -0.3 is 14.2 Å². The van der Waals surface area contributed by atoms with Crippen LogP contribution in [0.1, 0.15) is 323 Å². The maximum absolute atomic E-state index is 12.9. The predicted molar refractivity (Wildman–Crippen MR) is 321 cm³/mol. The minimum absolute atomic E-state index is 0.0946. The first-order valence-corrected chi connectivity index (χ1v) is 31.9. The number of hydrogen-bond donors (Lipinski definition) is 0. The van der Waals surface area contributed by atoms with Crippen molar-refractivity contribution in [3.8, 4) is 0 Å². The molecule has 0 aliphatic rings. The van der Waals surface area contributed by atoms with Gasteiger partial charge >= 0.3 is 17.9 Å². The Bertz CT molecular complexity index is 1370. The summed E-state index contributed by atoms with van der Waals surface area (Å²) in [6, 6.07) is 0. The minimum atomic E-state index is -0.803. The second-order valence-corrected chi connectivity index (χ2v) is 21.3. The average Bonchev–Trinajstić information content (AvgIpc) is 3.40. The van der Waals surface area contributed by atoms with E-state index in [1.165, 1.54) is 205 Å².